The van der Waals surface area contributed by atoms with Gasteiger partial charge in [-0.15, -0.1) is 0 Å². The molecule has 1 aromatic carbocycles. The second-order valence-corrected chi connectivity index (χ2v) is 4.35. The van der Waals surface area contributed by atoms with E-state index in [1.807, 2.05) is 13.1 Å². The summed E-state index contributed by atoms with van der Waals surface area (Å²) < 4.78 is 1.77. The van der Waals surface area contributed by atoms with E-state index in [2.05, 4.69) is 11.2 Å². The van der Waals surface area contributed by atoms with Crippen molar-refractivity contribution in [1.82, 2.24) is 9.78 Å². The van der Waals surface area contributed by atoms with E-state index in [1.165, 1.54) is 0 Å². The molecule has 2 rings (SSSR count). The second kappa shape index (κ2) is 4.63. The predicted octanol–water partition coefficient (Wildman–Crippen LogP) is 2.03. The molecular weight excluding hydrogens is 226 g/mol. The molecule has 1 atom stereocenters. The summed E-state index contributed by atoms with van der Waals surface area (Å²) in [5.74, 6) is 0. The van der Waals surface area contributed by atoms with Crippen LogP contribution in [0.15, 0.2) is 36.7 Å². The van der Waals surface area contributed by atoms with E-state index >= 15 is 0 Å². The Bertz CT molecular complexity index is 576. The first-order valence-electron chi connectivity index (χ1n) is 5.84. The van der Waals surface area contributed by atoms with Crippen LogP contribution >= 0.6 is 0 Å². The van der Waals surface area contributed by atoms with Gasteiger partial charge in [-0.2, -0.15) is 10.4 Å². The third-order valence-corrected chi connectivity index (χ3v) is 3.10. The standard InChI is InChI=1S/C14H15N3O/c1-3-17-10-13(9-16-17)14(2,18)12-6-4-11(8-15)5-7-12/h4-7,9-10,18H,3H2,1-2H3. The van der Waals surface area contributed by atoms with Crippen molar-refractivity contribution in [3.05, 3.63) is 53.3 Å². The summed E-state index contributed by atoms with van der Waals surface area (Å²) in [7, 11) is 0. The van der Waals surface area contributed by atoms with Gasteiger partial charge in [0.05, 0.1) is 17.8 Å². The quantitative estimate of drug-likeness (QED) is 0.894. The molecule has 0 aliphatic heterocycles. The van der Waals surface area contributed by atoms with Gasteiger partial charge in [0.1, 0.15) is 5.60 Å². The van der Waals surface area contributed by atoms with Crippen molar-refractivity contribution in [2.45, 2.75) is 26.0 Å². The number of hydrogen-bond donors (Lipinski definition) is 1. The summed E-state index contributed by atoms with van der Waals surface area (Å²) in [4.78, 5) is 0. The zero-order valence-electron chi connectivity index (χ0n) is 10.5. The summed E-state index contributed by atoms with van der Waals surface area (Å²) >= 11 is 0. The molecule has 92 valence electrons. The SMILES string of the molecule is CCn1cc(C(C)(O)c2ccc(C#N)cc2)cn1. The van der Waals surface area contributed by atoms with Gasteiger partial charge >= 0.3 is 0 Å². The predicted molar refractivity (Wildman–Crippen MR) is 67.7 cm³/mol. The van der Waals surface area contributed by atoms with Crippen LogP contribution in [0.25, 0.3) is 0 Å². The number of nitrogens with zero attached hydrogens (tertiary/aromatic N) is 3. The van der Waals surface area contributed by atoms with Gasteiger partial charge < -0.3 is 5.11 Å². The average Bonchev–Trinajstić information content (AvgIpc) is 2.88. The van der Waals surface area contributed by atoms with Crippen LogP contribution in [0.2, 0.25) is 0 Å². The summed E-state index contributed by atoms with van der Waals surface area (Å²) in [6.07, 6.45) is 3.50. The van der Waals surface area contributed by atoms with E-state index in [0.29, 0.717) is 5.56 Å². The van der Waals surface area contributed by atoms with Crippen LogP contribution in [-0.4, -0.2) is 14.9 Å². The minimum absolute atomic E-state index is 0.582. The fraction of sp³-hybridized carbons (Fsp3) is 0.286. The molecule has 4 nitrogen and oxygen atoms in total. The monoisotopic (exact) mass is 241 g/mol. The third-order valence-electron chi connectivity index (χ3n) is 3.10. The van der Waals surface area contributed by atoms with Gasteiger partial charge in [0.2, 0.25) is 0 Å². The number of benzene rings is 1. The highest BCUT2D eigenvalue weighted by atomic mass is 16.3. The molecule has 18 heavy (non-hydrogen) atoms. The van der Waals surface area contributed by atoms with Crippen LogP contribution in [0.4, 0.5) is 0 Å². The molecule has 1 heterocycles. The molecule has 0 amide bonds. The Kier molecular flexibility index (Phi) is 3.17. The van der Waals surface area contributed by atoms with Crippen LogP contribution in [0.5, 0.6) is 0 Å². The van der Waals surface area contributed by atoms with Crippen molar-refractivity contribution in [3.8, 4) is 6.07 Å². The first-order chi connectivity index (χ1) is 8.57. The van der Waals surface area contributed by atoms with E-state index in [4.69, 9.17) is 5.26 Å². The maximum absolute atomic E-state index is 10.6. The molecular formula is C14H15N3O. The summed E-state index contributed by atoms with van der Waals surface area (Å²) in [6.45, 7) is 4.49. The number of rotatable bonds is 3. The number of hydrogen-bond acceptors (Lipinski definition) is 3. The Morgan fingerprint density at radius 2 is 2.00 bits per heavy atom. The molecule has 0 saturated carbocycles. The van der Waals surface area contributed by atoms with E-state index in [0.717, 1.165) is 17.7 Å². The Morgan fingerprint density at radius 1 is 1.33 bits per heavy atom. The van der Waals surface area contributed by atoms with E-state index in [-0.39, 0.29) is 0 Å². The van der Waals surface area contributed by atoms with Crippen molar-refractivity contribution in [3.63, 3.8) is 0 Å². The Morgan fingerprint density at radius 3 is 2.50 bits per heavy atom. The van der Waals surface area contributed by atoms with Crippen molar-refractivity contribution in [1.29, 1.82) is 5.26 Å². The van der Waals surface area contributed by atoms with Crippen LogP contribution < -0.4 is 0 Å². The van der Waals surface area contributed by atoms with Crippen LogP contribution in [0, 0.1) is 11.3 Å². The molecule has 0 fully saturated rings. The molecule has 1 unspecified atom stereocenters. The van der Waals surface area contributed by atoms with Gasteiger partial charge in [0, 0.05) is 18.3 Å². The highest BCUT2D eigenvalue weighted by molar-refractivity contribution is 5.38. The van der Waals surface area contributed by atoms with Gasteiger partial charge in [-0.05, 0) is 31.5 Å². The van der Waals surface area contributed by atoms with Gasteiger partial charge in [-0.1, -0.05) is 12.1 Å². The highest BCUT2D eigenvalue weighted by Gasteiger charge is 2.27. The number of aryl methyl sites for hydroxylation is 1. The first kappa shape index (κ1) is 12.3. The average molecular weight is 241 g/mol. The van der Waals surface area contributed by atoms with Crippen molar-refractivity contribution < 1.29 is 5.11 Å². The maximum atomic E-state index is 10.6. The zero-order chi connectivity index (χ0) is 13.2. The maximum Gasteiger partial charge on any atom is 0.115 e. The fourth-order valence-corrected chi connectivity index (χ4v) is 1.82. The summed E-state index contributed by atoms with van der Waals surface area (Å²) in [5.41, 5.74) is 0.978. The largest absolute Gasteiger partial charge is 0.381 e. The third kappa shape index (κ3) is 2.13. The van der Waals surface area contributed by atoms with Crippen molar-refractivity contribution in [2.24, 2.45) is 0 Å². The lowest BCUT2D eigenvalue weighted by atomic mass is 9.90. The van der Waals surface area contributed by atoms with E-state index in [1.54, 1.807) is 42.1 Å². The smallest absolute Gasteiger partial charge is 0.115 e. The lowest BCUT2D eigenvalue weighted by molar-refractivity contribution is 0.102. The highest BCUT2D eigenvalue weighted by Crippen LogP contribution is 2.28. The summed E-state index contributed by atoms with van der Waals surface area (Å²) in [6, 6.07) is 9.00. The van der Waals surface area contributed by atoms with E-state index in [9.17, 15) is 5.11 Å². The van der Waals surface area contributed by atoms with Crippen molar-refractivity contribution in [2.75, 3.05) is 0 Å². The number of aliphatic hydroxyl groups is 1. The number of aromatic nitrogens is 2. The zero-order valence-corrected chi connectivity index (χ0v) is 10.5. The fourth-order valence-electron chi connectivity index (χ4n) is 1.82. The summed E-state index contributed by atoms with van der Waals surface area (Å²) in [5, 5.41) is 23.5. The van der Waals surface area contributed by atoms with Gasteiger partial charge in [0.25, 0.3) is 0 Å². The molecule has 2 aromatic rings. The molecule has 0 aliphatic carbocycles. The molecule has 1 aromatic heterocycles. The Hall–Kier alpha value is -2.12. The van der Waals surface area contributed by atoms with Gasteiger partial charge in [0.15, 0.2) is 0 Å². The molecule has 0 spiro atoms. The Balaban J connectivity index is 2.37. The lowest BCUT2D eigenvalue weighted by Gasteiger charge is -2.22. The lowest BCUT2D eigenvalue weighted by Crippen LogP contribution is -2.22. The van der Waals surface area contributed by atoms with Crippen LogP contribution in [0.3, 0.4) is 0 Å². The van der Waals surface area contributed by atoms with E-state index < -0.39 is 5.60 Å². The van der Waals surface area contributed by atoms with Gasteiger partial charge in [-0.3, -0.25) is 4.68 Å². The number of nitriles is 1. The van der Waals surface area contributed by atoms with Gasteiger partial charge in [-0.25, -0.2) is 0 Å². The minimum Gasteiger partial charge on any atom is -0.381 e. The molecule has 0 radical (unpaired) electrons. The molecule has 0 saturated heterocycles. The topological polar surface area (TPSA) is 61.8 Å². The normalized spacial score (nSPS) is 13.9. The molecule has 1 N–H and O–H groups in total. The van der Waals surface area contributed by atoms with Crippen LogP contribution in [-0.2, 0) is 12.1 Å². The molecule has 0 aliphatic rings. The second-order valence-electron chi connectivity index (χ2n) is 4.35. The van der Waals surface area contributed by atoms with Crippen molar-refractivity contribution >= 4 is 0 Å². The Labute approximate surface area is 106 Å². The molecule has 0 bridgehead atoms. The molecule has 4 heteroatoms. The first-order valence-corrected chi connectivity index (χ1v) is 5.84. The van der Waals surface area contributed by atoms with Crippen LogP contribution in [0.1, 0.15) is 30.5 Å². The minimum atomic E-state index is -1.10.